The van der Waals surface area contributed by atoms with Crippen LogP contribution in [0.3, 0.4) is 0 Å². The van der Waals surface area contributed by atoms with Crippen molar-refractivity contribution >= 4 is 24.0 Å². The van der Waals surface area contributed by atoms with Crippen molar-refractivity contribution in [1.29, 1.82) is 0 Å². The van der Waals surface area contributed by atoms with E-state index in [-0.39, 0.29) is 24.0 Å². The van der Waals surface area contributed by atoms with Crippen molar-refractivity contribution in [1.82, 2.24) is 0 Å². The van der Waals surface area contributed by atoms with Gasteiger partial charge in [0.15, 0.2) is 0 Å². The lowest BCUT2D eigenvalue weighted by Crippen LogP contribution is -2.29. The van der Waals surface area contributed by atoms with Crippen LogP contribution in [0.1, 0.15) is 40.0 Å². The Morgan fingerprint density at radius 1 is 1.33 bits per heavy atom. The summed E-state index contributed by atoms with van der Waals surface area (Å²) in [6, 6.07) is 0. The van der Waals surface area contributed by atoms with Gasteiger partial charge < -0.3 is 0 Å². The van der Waals surface area contributed by atoms with E-state index in [0.29, 0.717) is 10.8 Å². The monoisotopic (exact) mass is 278 g/mol. The molecule has 0 spiro atoms. The molecular weight excluding hydrogens is 259 g/mol. The van der Waals surface area contributed by atoms with Crippen LogP contribution >= 0.6 is 24.0 Å². The first-order valence-electron chi connectivity index (χ1n) is 4.73. The summed E-state index contributed by atoms with van der Waals surface area (Å²) in [6.45, 7) is 7.14. The summed E-state index contributed by atoms with van der Waals surface area (Å²) in [7, 11) is 0. The van der Waals surface area contributed by atoms with Crippen molar-refractivity contribution in [2.24, 2.45) is 16.7 Å². The first-order valence-corrected chi connectivity index (χ1v) is 4.73. The van der Waals surface area contributed by atoms with E-state index in [1.165, 1.54) is 19.3 Å². The SMILES string of the molecule is CC(C)(C)C12C=CC(CC1)C2.I. The Bertz CT molecular complexity index is 200. The van der Waals surface area contributed by atoms with Crippen LogP contribution in [0.5, 0.6) is 0 Å². The molecule has 0 heterocycles. The van der Waals surface area contributed by atoms with E-state index < -0.39 is 0 Å². The lowest BCUT2D eigenvalue weighted by Gasteiger charge is -2.38. The molecule has 0 radical (unpaired) electrons. The fourth-order valence-electron chi connectivity index (χ4n) is 2.68. The van der Waals surface area contributed by atoms with Crippen LogP contribution < -0.4 is 0 Å². The number of hydrogen-bond donors (Lipinski definition) is 0. The van der Waals surface area contributed by atoms with E-state index >= 15 is 0 Å². The molecule has 2 bridgehead atoms. The zero-order valence-electron chi connectivity index (χ0n) is 8.26. The zero-order chi connectivity index (χ0) is 8.11. The number of hydrogen-bond acceptors (Lipinski definition) is 0. The normalized spacial score (nSPS) is 38.4. The van der Waals surface area contributed by atoms with Gasteiger partial charge in [0.2, 0.25) is 0 Å². The van der Waals surface area contributed by atoms with E-state index in [1.807, 2.05) is 0 Å². The lowest BCUT2D eigenvalue weighted by atomic mass is 9.66. The molecule has 2 aliphatic carbocycles. The molecule has 2 aliphatic rings. The van der Waals surface area contributed by atoms with E-state index in [1.54, 1.807) is 0 Å². The van der Waals surface area contributed by atoms with Gasteiger partial charge in [0.25, 0.3) is 0 Å². The Morgan fingerprint density at radius 2 is 2.00 bits per heavy atom. The van der Waals surface area contributed by atoms with Gasteiger partial charge >= 0.3 is 0 Å². The van der Waals surface area contributed by atoms with Crippen LogP contribution in [0.25, 0.3) is 0 Å². The predicted octanol–water partition coefficient (Wildman–Crippen LogP) is 4.01. The number of fused-ring (bicyclic) bond motifs is 2. The van der Waals surface area contributed by atoms with Crippen molar-refractivity contribution in [2.45, 2.75) is 40.0 Å². The third-order valence-electron chi connectivity index (χ3n) is 3.77. The van der Waals surface area contributed by atoms with Crippen LogP contribution in [0.4, 0.5) is 0 Å². The standard InChI is InChI=1S/C11H18.HI/c1-10(2,3)11-6-4-9(8-11)5-7-11;/h4,6,9H,5,7-8H2,1-3H3;1H. The van der Waals surface area contributed by atoms with Crippen molar-refractivity contribution in [3.05, 3.63) is 12.2 Å². The van der Waals surface area contributed by atoms with Gasteiger partial charge in [0.1, 0.15) is 0 Å². The molecule has 70 valence electrons. The molecule has 0 amide bonds. The third-order valence-corrected chi connectivity index (χ3v) is 3.77. The average Bonchev–Trinajstić information content (AvgIpc) is 2.42. The molecule has 0 aliphatic heterocycles. The van der Waals surface area contributed by atoms with Gasteiger partial charge in [-0.05, 0) is 36.0 Å². The maximum atomic E-state index is 2.49. The quantitative estimate of drug-likeness (QED) is 0.464. The summed E-state index contributed by atoms with van der Waals surface area (Å²) >= 11 is 0. The topological polar surface area (TPSA) is 0 Å². The van der Waals surface area contributed by atoms with E-state index in [0.717, 1.165) is 5.92 Å². The molecule has 12 heavy (non-hydrogen) atoms. The maximum Gasteiger partial charge on any atom is -0.00638 e. The van der Waals surface area contributed by atoms with Gasteiger partial charge in [-0.15, -0.1) is 24.0 Å². The highest BCUT2D eigenvalue weighted by molar-refractivity contribution is 14.0. The van der Waals surface area contributed by atoms with E-state index in [4.69, 9.17) is 0 Å². The van der Waals surface area contributed by atoms with Crippen LogP contribution in [-0.4, -0.2) is 0 Å². The molecule has 0 aromatic rings. The fourth-order valence-corrected chi connectivity index (χ4v) is 2.68. The van der Waals surface area contributed by atoms with Gasteiger partial charge in [0, 0.05) is 0 Å². The molecule has 0 nitrogen and oxygen atoms in total. The summed E-state index contributed by atoms with van der Waals surface area (Å²) in [5.41, 5.74) is 1.05. The number of halogens is 1. The molecule has 2 atom stereocenters. The van der Waals surface area contributed by atoms with Crippen molar-refractivity contribution in [2.75, 3.05) is 0 Å². The molecule has 0 aromatic heterocycles. The van der Waals surface area contributed by atoms with E-state index in [9.17, 15) is 0 Å². The molecule has 2 rings (SSSR count). The van der Waals surface area contributed by atoms with Crippen molar-refractivity contribution < 1.29 is 0 Å². The first kappa shape index (κ1) is 10.6. The second kappa shape index (κ2) is 3.00. The van der Waals surface area contributed by atoms with Gasteiger partial charge in [-0.1, -0.05) is 32.9 Å². The summed E-state index contributed by atoms with van der Waals surface area (Å²) in [6.07, 6.45) is 9.22. The molecule has 0 saturated heterocycles. The van der Waals surface area contributed by atoms with Crippen LogP contribution in [0.2, 0.25) is 0 Å². The summed E-state index contributed by atoms with van der Waals surface area (Å²) < 4.78 is 0. The second-order valence-electron chi connectivity index (χ2n) is 5.27. The minimum absolute atomic E-state index is 0. The van der Waals surface area contributed by atoms with Crippen LogP contribution in [0, 0.1) is 16.7 Å². The average molecular weight is 278 g/mol. The highest BCUT2D eigenvalue weighted by Gasteiger charge is 2.47. The highest BCUT2D eigenvalue weighted by Crippen LogP contribution is 2.58. The van der Waals surface area contributed by atoms with Gasteiger partial charge in [-0.3, -0.25) is 0 Å². The van der Waals surface area contributed by atoms with Gasteiger partial charge in [-0.2, -0.15) is 0 Å². The molecule has 1 heteroatoms. The maximum absolute atomic E-state index is 2.49. The van der Waals surface area contributed by atoms with Crippen molar-refractivity contribution in [3.8, 4) is 0 Å². The smallest absolute Gasteiger partial charge is 0.00638 e. The Morgan fingerprint density at radius 3 is 2.17 bits per heavy atom. The molecule has 0 N–H and O–H groups in total. The Kier molecular flexibility index (Phi) is 2.64. The number of rotatable bonds is 0. The number of allylic oxidation sites excluding steroid dienone is 2. The molecule has 1 fully saturated rings. The summed E-state index contributed by atoms with van der Waals surface area (Å²) in [4.78, 5) is 0. The minimum atomic E-state index is 0. The molecule has 2 unspecified atom stereocenters. The Hall–Kier alpha value is 0.470. The molecule has 1 saturated carbocycles. The molecular formula is C11H19I. The van der Waals surface area contributed by atoms with Crippen molar-refractivity contribution in [3.63, 3.8) is 0 Å². The zero-order valence-corrected chi connectivity index (χ0v) is 10.6. The highest BCUT2D eigenvalue weighted by atomic mass is 127. The Labute approximate surface area is 92.8 Å². The summed E-state index contributed by atoms with van der Waals surface area (Å²) in [5, 5.41) is 0. The second-order valence-corrected chi connectivity index (χ2v) is 5.27. The third kappa shape index (κ3) is 1.34. The fraction of sp³-hybridized carbons (Fsp3) is 0.818. The Balaban J connectivity index is 0.000000720. The lowest BCUT2D eigenvalue weighted by molar-refractivity contribution is 0.157. The van der Waals surface area contributed by atoms with Gasteiger partial charge in [-0.25, -0.2) is 0 Å². The minimum Gasteiger partial charge on any atom is -0.107 e. The predicted molar refractivity (Wildman–Crippen MR) is 63.8 cm³/mol. The van der Waals surface area contributed by atoms with Gasteiger partial charge in [0.05, 0.1) is 0 Å². The molecule has 0 aromatic carbocycles. The van der Waals surface area contributed by atoms with Crippen LogP contribution in [-0.2, 0) is 0 Å². The first-order chi connectivity index (χ1) is 5.04. The summed E-state index contributed by atoms with van der Waals surface area (Å²) in [5.74, 6) is 0.925. The van der Waals surface area contributed by atoms with E-state index in [2.05, 4.69) is 32.9 Å². The largest absolute Gasteiger partial charge is 0.107 e. The van der Waals surface area contributed by atoms with Crippen LogP contribution in [0.15, 0.2) is 12.2 Å².